The van der Waals surface area contributed by atoms with E-state index < -0.39 is 10.0 Å². The molecule has 0 aliphatic rings. The number of hydrogen-bond acceptors (Lipinski definition) is 4. The molecule has 5 N–H and O–H groups in total. The molecule has 0 aliphatic heterocycles. The number of benzene rings is 2. The van der Waals surface area contributed by atoms with Gasteiger partial charge in [-0.25, -0.2) is 13.6 Å². The third-order valence-electron chi connectivity index (χ3n) is 2.51. The van der Waals surface area contributed by atoms with Crippen LogP contribution in [0.15, 0.2) is 50.2 Å². The van der Waals surface area contributed by atoms with Gasteiger partial charge in [-0.1, -0.05) is 15.9 Å². The lowest BCUT2D eigenvalue weighted by Crippen LogP contribution is -2.14. The van der Waals surface area contributed by atoms with Gasteiger partial charge in [0.25, 0.3) is 0 Å². The second kappa shape index (κ2) is 5.72. The van der Waals surface area contributed by atoms with E-state index in [1.165, 1.54) is 6.07 Å². The molecule has 0 bridgehead atoms. The smallest absolute Gasteiger partial charge is 0.240 e. The fourth-order valence-corrected chi connectivity index (χ4v) is 3.49. The highest BCUT2D eigenvalue weighted by molar-refractivity contribution is 9.11. The molecule has 0 atom stereocenters. The summed E-state index contributed by atoms with van der Waals surface area (Å²) in [5.74, 6) is 0. The third kappa shape index (κ3) is 3.51. The average Bonchev–Trinajstić information content (AvgIpc) is 2.33. The quantitative estimate of drug-likeness (QED) is 0.664. The van der Waals surface area contributed by atoms with E-state index in [1.807, 2.05) is 12.1 Å². The van der Waals surface area contributed by atoms with Crippen molar-refractivity contribution in [2.45, 2.75) is 4.90 Å². The summed E-state index contributed by atoms with van der Waals surface area (Å²) >= 11 is 6.74. The fraction of sp³-hybridized carbons (Fsp3) is 0. The number of sulfonamides is 1. The minimum Gasteiger partial charge on any atom is -0.399 e. The van der Waals surface area contributed by atoms with Gasteiger partial charge >= 0.3 is 0 Å². The van der Waals surface area contributed by atoms with Gasteiger partial charge in [0.1, 0.15) is 4.90 Å². The van der Waals surface area contributed by atoms with Crippen LogP contribution in [0.1, 0.15) is 0 Å². The number of nitrogens with one attached hydrogen (secondary N) is 1. The lowest BCUT2D eigenvalue weighted by Gasteiger charge is -2.13. The molecule has 2 aromatic rings. The molecule has 0 amide bonds. The van der Waals surface area contributed by atoms with Crippen molar-refractivity contribution in [1.82, 2.24) is 0 Å². The Hall–Kier alpha value is -1.09. The van der Waals surface area contributed by atoms with Gasteiger partial charge in [0.05, 0.1) is 11.4 Å². The second-order valence-electron chi connectivity index (χ2n) is 4.05. The lowest BCUT2D eigenvalue weighted by atomic mass is 10.2. The van der Waals surface area contributed by atoms with Crippen LogP contribution in [0, 0.1) is 0 Å². The van der Waals surface area contributed by atoms with E-state index in [9.17, 15) is 8.42 Å². The van der Waals surface area contributed by atoms with Crippen molar-refractivity contribution in [3.63, 3.8) is 0 Å². The summed E-state index contributed by atoms with van der Waals surface area (Å²) < 4.78 is 24.9. The minimum absolute atomic E-state index is 0.0488. The molecule has 0 aromatic heterocycles. The molecule has 106 valence electrons. The van der Waals surface area contributed by atoms with Crippen LogP contribution in [0.3, 0.4) is 0 Å². The Morgan fingerprint density at radius 1 is 1.00 bits per heavy atom. The van der Waals surface area contributed by atoms with E-state index >= 15 is 0 Å². The first-order chi connectivity index (χ1) is 9.27. The normalized spacial score (nSPS) is 11.3. The van der Waals surface area contributed by atoms with E-state index in [-0.39, 0.29) is 4.90 Å². The number of nitrogen functional groups attached to an aromatic ring is 1. The first-order valence-electron chi connectivity index (χ1n) is 5.42. The first kappa shape index (κ1) is 15.3. The van der Waals surface area contributed by atoms with Gasteiger partial charge in [-0.2, -0.15) is 0 Å². The second-order valence-corrected chi connectivity index (χ2v) is 7.35. The zero-order valence-electron chi connectivity index (χ0n) is 10.1. The van der Waals surface area contributed by atoms with Gasteiger partial charge in [0.2, 0.25) is 10.0 Å². The maximum Gasteiger partial charge on any atom is 0.240 e. The van der Waals surface area contributed by atoms with Crippen molar-refractivity contribution in [2.24, 2.45) is 5.14 Å². The van der Waals surface area contributed by atoms with Crippen LogP contribution in [-0.4, -0.2) is 8.42 Å². The van der Waals surface area contributed by atoms with Crippen LogP contribution < -0.4 is 16.2 Å². The Morgan fingerprint density at radius 2 is 1.65 bits per heavy atom. The summed E-state index contributed by atoms with van der Waals surface area (Å²) in [4.78, 5) is -0.0488. The van der Waals surface area contributed by atoms with Gasteiger partial charge in [0.15, 0.2) is 0 Å². The van der Waals surface area contributed by atoms with Crippen LogP contribution in [0.4, 0.5) is 17.1 Å². The number of primary sulfonamides is 1. The van der Waals surface area contributed by atoms with Crippen molar-refractivity contribution in [1.29, 1.82) is 0 Å². The number of nitrogens with two attached hydrogens (primary N) is 2. The Morgan fingerprint density at radius 3 is 2.25 bits per heavy atom. The third-order valence-corrected chi connectivity index (χ3v) is 4.61. The Bertz CT molecular complexity index is 763. The Balaban J connectivity index is 2.49. The zero-order valence-corrected chi connectivity index (χ0v) is 14.1. The highest BCUT2D eigenvalue weighted by Gasteiger charge is 2.15. The highest BCUT2D eigenvalue weighted by atomic mass is 79.9. The number of halogens is 2. The standard InChI is InChI=1S/C12H11Br2N3O2S/c13-7-1-3-10(9(14)5-7)17-11-4-2-8(15)6-12(11)20(16,18)19/h1-6,17H,15H2,(H2,16,18,19). The minimum atomic E-state index is -3.86. The van der Waals surface area contributed by atoms with Crippen LogP contribution in [0.5, 0.6) is 0 Å². The number of anilines is 3. The van der Waals surface area contributed by atoms with Crippen LogP contribution >= 0.6 is 31.9 Å². The topological polar surface area (TPSA) is 98.2 Å². The molecule has 0 fully saturated rings. The summed E-state index contributed by atoms with van der Waals surface area (Å²) in [6, 6.07) is 9.98. The van der Waals surface area contributed by atoms with Gasteiger partial charge in [-0.3, -0.25) is 0 Å². The molecule has 0 radical (unpaired) electrons. The van der Waals surface area contributed by atoms with Crippen molar-refractivity contribution >= 4 is 58.9 Å². The van der Waals surface area contributed by atoms with E-state index in [4.69, 9.17) is 10.9 Å². The van der Waals surface area contributed by atoms with Crippen LogP contribution in [0.25, 0.3) is 0 Å². The first-order valence-corrected chi connectivity index (χ1v) is 8.55. The molecular weight excluding hydrogens is 410 g/mol. The molecule has 5 nitrogen and oxygen atoms in total. The largest absolute Gasteiger partial charge is 0.399 e. The summed E-state index contributed by atoms with van der Waals surface area (Å²) in [6.45, 7) is 0. The molecule has 0 unspecified atom stereocenters. The Kier molecular flexibility index (Phi) is 4.38. The molecule has 2 rings (SSSR count). The highest BCUT2D eigenvalue weighted by Crippen LogP contribution is 2.31. The Labute approximate surface area is 133 Å². The molecule has 0 spiro atoms. The van der Waals surface area contributed by atoms with Gasteiger partial charge in [-0.15, -0.1) is 0 Å². The summed E-state index contributed by atoms with van der Waals surface area (Å²) in [5.41, 5.74) is 7.01. The van der Waals surface area contributed by atoms with Crippen molar-refractivity contribution in [2.75, 3.05) is 11.1 Å². The number of hydrogen-bond donors (Lipinski definition) is 3. The maximum atomic E-state index is 11.6. The number of rotatable bonds is 3. The van der Waals surface area contributed by atoms with Crippen molar-refractivity contribution < 1.29 is 8.42 Å². The van der Waals surface area contributed by atoms with Gasteiger partial charge < -0.3 is 11.1 Å². The SMILES string of the molecule is Nc1ccc(Nc2ccc(Br)cc2Br)c(S(N)(=O)=O)c1. The van der Waals surface area contributed by atoms with Crippen LogP contribution in [0.2, 0.25) is 0 Å². The molecule has 0 saturated carbocycles. The van der Waals surface area contributed by atoms with E-state index in [0.29, 0.717) is 17.1 Å². The van der Waals surface area contributed by atoms with Crippen molar-refractivity contribution in [3.8, 4) is 0 Å². The zero-order chi connectivity index (χ0) is 14.9. The molecule has 0 saturated heterocycles. The summed E-state index contributed by atoms with van der Waals surface area (Å²) in [7, 11) is -3.86. The molecule has 2 aromatic carbocycles. The van der Waals surface area contributed by atoms with E-state index in [0.717, 1.165) is 8.95 Å². The van der Waals surface area contributed by atoms with E-state index in [2.05, 4.69) is 37.2 Å². The predicted molar refractivity (Wildman–Crippen MR) is 87.4 cm³/mol. The molecule has 0 heterocycles. The molecule has 0 aliphatic carbocycles. The van der Waals surface area contributed by atoms with Crippen molar-refractivity contribution in [3.05, 3.63) is 45.3 Å². The lowest BCUT2D eigenvalue weighted by molar-refractivity contribution is 0.598. The monoisotopic (exact) mass is 419 g/mol. The maximum absolute atomic E-state index is 11.6. The van der Waals surface area contributed by atoms with Gasteiger partial charge in [-0.05, 0) is 52.3 Å². The van der Waals surface area contributed by atoms with Crippen LogP contribution in [-0.2, 0) is 10.0 Å². The summed E-state index contributed by atoms with van der Waals surface area (Å²) in [5, 5.41) is 8.22. The fourth-order valence-electron chi connectivity index (χ4n) is 1.61. The summed E-state index contributed by atoms with van der Waals surface area (Å²) in [6.07, 6.45) is 0. The average molecular weight is 421 g/mol. The molecule has 8 heteroatoms. The molecular formula is C12H11Br2N3O2S. The van der Waals surface area contributed by atoms with E-state index in [1.54, 1.807) is 18.2 Å². The molecule has 20 heavy (non-hydrogen) atoms. The predicted octanol–water partition coefficient (Wildman–Crippen LogP) is 3.18. The van der Waals surface area contributed by atoms with Gasteiger partial charge in [0, 0.05) is 14.6 Å².